The van der Waals surface area contributed by atoms with Gasteiger partial charge in [-0.15, -0.1) is 0 Å². The molecule has 3 fully saturated rings. The van der Waals surface area contributed by atoms with Crippen molar-refractivity contribution in [2.45, 2.75) is 63.5 Å². The predicted molar refractivity (Wildman–Crippen MR) is 101 cm³/mol. The number of amides is 1. The summed E-state index contributed by atoms with van der Waals surface area (Å²) in [4.78, 5) is 20.6. The average Bonchev–Trinajstić information content (AvgIpc) is 3.40. The van der Waals surface area contributed by atoms with Gasteiger partial charge in [-0.05, 0) is 50.7 Å². The lowest BCUT2D eigenvalue weighted by Gasteiger charge is -2.35. The van der Waals surface area contributed by atoms with Crippen LogP contribution >= 0.6 is 0 Å². The van der Waals surface area contributed by atoms with E-state index in [1.165, 1.54) is 12.8 Å². The molecule has 0 unspecified atom stereocenters. The molecular weight excluding hydrogens is 324 g/mol. The Morgan fingerprint density at radius 2 is 2.08 bits per heavy atom. The number of carbonyl (C=O) groups is 1. The molecule has 4 heteroatoms. The Labute approximate surface area is 154 Å². The first-order valence-electron chi connectivity index (χ1n) is 10.00. The molecule has 4 nitrogen and oxygen atoms in total. The van der Waals surface area contributed by atoms with Gasteiger partial charge in [0.1, 0.15) is 0 Å². The summed E-state index contributed by atoms with van der Waals surface area (Å²) in [7, 11) is 0. The van der Waals surface area contributed by atoms with Gasteiger partial charge in [-0.1, -0.05) is 25.1 Å². The highest BCUT2D eigenvalue weighted by molar-refractivity contribution is 6.06. The van der Waals surface area contributed by atoms with Crippen LogP contribution in [-0.2, 0) is 0 Å². The van der Waals surface area contributed by atoms with Gasteiger partial charge in [0.2, 0.25) is 0 Å². The Bertz CT molecular complexity index is 870. The second-order valence-electron chi connectivity index (χ2n) is 8.42. The first-order chi connectivity index (χ1) is 12.7. The third kappa shape index (κ3) is 2.24. The highest BCUT2D eigenvalue weighted by atomic mass is 16.3. The largest absolute Gasteiger partial charge is 0.396 e. The third-order valence-corrected chi connectivity index (χ3v) is 7.07. The molecule has 2 aliphatic heterocycles. The van der Waals surface area contributed by atoms with Crippen molar-refractivity contribution in [3.63, 3.8) is 0 Å². The quantitative estimate of drug-likeness (QED) is 0.910. The summed E-state index contributed by atoms with van der Waals surface area (Å²) >= 11 is 0. The molecule has 2 aromatic rings. The molecule has 1 aromatic carbocycles. The van der Waals surface area contributed by atoms with Crippen molar-refractivity contribution in [1.29, 1.82) is 0 Å². The fourth-order valence-corrected chi connectivity index (χ4v) is 5.36. The number of aromatic nitrogens is 1. The second kappa shape index (κ2) is 5.78. The van der Waals surface area contributed by atoms with Crippen LogP contribution < -0.4 is 0 Å². The van der Waals surface area contributed by atoms with Crippen LogP contribution in [0, 0.1) is 5.41 Å². The minimum atomic E-state index is -0.110. The van der Waals surface area contributed by atoms with Crippen LogP contribution in [0.1, 0.15) is 67.4 Å². The minimum absolute atomic E-state index is 0.110. The number of carbonyl (C=O) groups excluding carboxylic acids is 1. The van der Waals surface area contributed by atoms with E-state index in [4.69, 9.17) is 4.98 Å². The molecule has 1 saturated carbocycles. The van der Waals surface area contributed by atoms with Crippen LogP contribution in [0.2, 0.25) is 0 Å². The smallest absolute Gasteiger partial charge is 0.255 e. The number of hydrogen-bond acceptors (Lipinski definition) is 3. The van der Waals surface area contributed by atoms with E-state index in [9.17, 15) is 9.90 Å². The number of pyridine rings is 1. The van der Waals surface area contributed by atoms with E-state index in [1.807, 2.05) is 30.3 Å². The molecule has 136 valence electrons. The number of hydrogen-bond donors (Lipinski definition) is 1. The zero-order valence-electron chi connectivity index (χ0n) is 15.3. The standard InChI is InChI=1S/C22H26N2O2/c1-2-22(13-25)12-15-9-10-20(22)24(15)21(26)17-11-19(14-7-8-14)23-18-6-4-3-5-16(17)18/h3-6,11,14-15,20,25H,2,7-10,12-13H2,1H3/t15-,20+,22-/m0/s1. The molecule has 5 rings (SSSR count). The molecule has 26 heavy (non-hydrogen) atoms. The zero-order chi connectivity index (χ0) is 17.9. The monoisotopic (exact) mass is 350 g/mol. The van der Waals surface area contributed by atoms with Gasteiger partial charge in [0.15, 0.2) is 0 Å². The maximum Gasteiger partial charge on any atom is 0.255 e. The molecule has 0 radical (unpaired) electrons. The van der Waals surface area contributed by atoms with Gasteiger partial charge in [-0.3, -0.25) is 9.78 Å². The Balaban J connectivity index is 1.59. The highest BCUT2D eigenvalue weighted by Gasteiger charge is 2.56. The molecule has 3 aliphatic rings. The van der Waals surface area contributed by atoms with E-state index in [-0.39, 0.29) is 30.0 Å². The van der Waals surface area contributed by atoms with Crippen molar-refractivity contribution in [3.05, 3.63) is 41.6 Å². The molecule has 2 bridgehead atoms. The summed E-state index contributed by atoms with van der Waals surface area (Å²) in [6, 6.07) is 10.5. The summed E-state index contributed by atoms with van der Waals surface area (Å²) in [5.41, 5.74) is 2.69. The normalized spacial score (nSPS) is 30.3. The lowest BCUT2D eigenvalue weighted by Crippen LogP contribution is -2.42. The Morgan fingerprint density at radius 3 is 2.77 bits per heavy atom. The molecule has 3 heterocycles. The van der Waals surface area contributed by atoms with E-state index in [0.717, 1.165) is 47.8 Å². The van der Waals surface area contributed by atoms with Crippen molar-refractivity contribution in [2.75, 3.05) is 6.61 Å². The van der Waals surface area contributed by atoms with Crippen molar-refractivity contribution in [2.24, 2.45) is 5.41 Å². The topological polar surface area (TPSA) is 53.4 Å². The number of aliphatic hydroxyl groups is 1. The van der Waals surface area contributed by atoms with E-state index in [1.54, 1.807) is 0 Å². The van der Waals surface area contributed by atoms with Gasteiger partial charge in [-0.25, -0.2) is 0 Å². The molecule has 1 amide bonds. The van der Waals surface area contributed by atoms with E-state index < -0.39 is 0 Å². The number of para-hydroxylation sites is 1. The number of aliphatic hydroxyl groups excluding tert-OH is 1. The maximum absolute atomic E-state index is 13.7. The van der Waals surface area contributed by atoms with Crippen LogP contribution in [-0.4, -0.2) is 39.6 Å². The van der Waals surface area contributed by atoms with Gasteiger partial charge in [0, 0.05) is 34.5 Å². The van der Waals surface area contributed by atoms with Crippen molar-refractivity contribution in [3.8, 4) is 0 Å². The number of benzene rings is 1. The van der Waals surface area contributed by atoms with Crippen LogP contribution in [0.15, 0.2) is 30.3 Å². The lowest BCUT2D eigenvalue weighted by molar-refractivity contribution is 0.0558. The van der Waals surface area contributed by atoms with Gasteiger partial charge in [-0.2, -0.15) is 0 Å². The molecule has 2 saturated heterocycles. The second-order valence-corrected chi connectivity index (χ2v) is 8.42. The average molecular weight is 350 g/mol. The van der Waals surface area contributed by atoms with Gasteiger partial charge in [0.05, 0.1) is 17.7 Å². The zero-order valence-corrected chi connectivity index (χ0v) is 15.3. The SMILES string of the molecule is CC[C@@]1(CO)C[C@@H]2CC[C@H]1N2C(=O)c1cc(C2CC2)nc2ccccc12. The molecule has 1 N–H and O–H groups in total. The lowest BCUT2D eigenvalue weighted by atomic mass is 9.72. The molecule has 1 aromatic heterocycles. The van der Waals surface area contributed by atoms with Gasteiger partial charge in [0.25, 0.3) is 5.91 Å². The minimum Gasteiger partial charge on any atom is -0.396 e. The summed E-state index contributed by atoms with van der Waals surface area (Å²) in [6.07, 6.45) is 6.31. The Morgan fingerprint density at radius 1 is 1.27 bits per heavy atom. The van der Waals surface area contributed by atoms with Crippen LogP contribution in [0.3, 0.4) is 0 Å². The van der Waals surface area contributed by atoms with Crippen LogP contribution in [0.25, 0.3) is 10.9 Å². The summed E-state index contributed by atoms with van der Waals surface area (Å²) < 4.78 is 0. The van der Waals surface area contributed by atoms with Gasteiger partial charge < -0.3 is 10.0 Å². The van der Waals surface area contributed by atoms with E-state index >= 15 is 0 Å². The van der Waals surface area contributed by atoms with E-state index in [0.29, 0.717) is 5.92 Å². The fraction of sp³-hybridized carbons (Fsp3) is 0.545. The first kappa shape index (κ1) is 16.2. The third-order valence-electron chi connectivity index (χ3n) is 7.07. The highest BCUT2D eigenvalue weighted by Crippen LogP contribution is 2.52. The van der Waals surface area contributed by atoms with Crippen LogP contribution in [0.4, 0.5) is 0 Å². The number of fused-ring (bicyclic) bond motifs is 3. The number of rotatable bonds is 4. The maximum atomic E-state index is 13.7. The molecule has 3 atom stereocenters. The fourth-order valence-electron chi connectivity index (χ4n) is 5.36. The van der Waals surface area contributed by atoms with Gasteiger partial charge >= 0.3 is 0 Å². The van der Waals surface area contributed by atoms with Crippen molar-refractivity contribution >= 4 is 16.8 Å². The van der Waals surface area contributed by atoms with Crippen molar-refractivity contribution in [1.82, 2.24) is 9.88 Å². The molecule has 0 spiro atoms. The molecule has 1 aliphatic carbocycles. The Hall–Kier alpha value is -1.94. The summed E-state index contributed by atoms with van der Waals surface area (Å²) in [5, 5.41) is 11.0. The Kier molecular flexibility index (Phi) is 3.61. The van der Waals surface area contributed by atoms with Crippen LogP contribution in [0.5, 0.6) is 0 Å². The van der Waals surface area contributed by atoms with E-state index in [2.05, 4.69) is 11.8 Å². The molecular formula is C22H26N2O2. The summed E-state index contributed by atoms with van der Waals surface area (Å²) in [5.74, 6) is 0.662. The number of nitrogens with zero attached hydrogens (tertiary/aromatic N) is 2. The predicted octanol–water partition coefficient (Wildman–Crippen LogP) is 3.88. The first-order valence-corrected chi connectivity index (χ1v) is 10.00. The van der Waals surface area contributed by atoms with Crippen molar-refractivity contribution < 1.29 is 9.90 Å². The summed E-state index contributed by atoms with van der Waals surface area (Å²) in [6.45, 7) is 2.32.